The second kappa shape index (κ2) is 15.0. The van der Waals surface area contributed by atoms with Gasteiger partial charge in [-0.05, 0) is 0 Å². The van der Waals surface area contributed by atoms with Crippen molar-refractivity contribution in [3.8, 4) is 0 Å². The van der Waals surface area contributed by atoms with E-state index in [2.05, 4.69) is 10.6 Å². The third kappa shape index (κ3) is 13.0. The Morgan fingerprint density at radius 2 is 1.48 bits per heavy atom. The Morgan fingerprint density at radius 3 is 1.97 bits per heavy atom. The summed E-state index contributed by atoms with van der Waals surface area (Å²) in [6.45, 7) is 0.500. The van der Waals surface area contributed by atoms with Crippen LogP contribution in [0.4, 0.5) is 0 Å². The third-order valence-electron chi connectivity index (χ3n) is 3.59. The average Bonchev–Trinajstić information content (AvgIpc) is 2.67. The summed E-state index contributed by atoms with van der Waals surface area (Å²) in [5.74, 6) is -0.969. The van der Waals surface area contributed by atoms with Crippen molar-refractivity contribution < 1.29 is 44.0 Å². The van der Waals surface area contributed by atoms with E-state index >= 15 is 0 Å². The fourth-order valence-electron chi connectivity index (χ4n) is 1.95. The molecule has 0 rings (SSSR count). The van der Waals surface area contributed by atoms with E-state index in [0.717, 1.165) is 0 Å². The van der Waals surface area contributed by atoms with Gasteiger partial charge in [0.15, 0.2) is 6.10 Å². The van der Waals surface area contributed by atoms with Crippen molar-refractivity contribution in [3.05, 3.63) is 0 Å². The van der Waals surface area contributed by atoms with E-state index in [1.807, 2.05) is 0 Å². The van der Waals surface area contributed by atoms with Gasteiger partial charge >= 0.3 is 11.9 Å². The molecule has 2 amide bonds. The summed E-state index contributed by atoms with van der Waals surface area (Å²) < 4.78 is 9.73. The maximum Gasteiger partial charge on any atom is 0.303 e. The highest BCUT2D eigenvalue weighted by Crippen LogP contribution is 2.07. The smallest absolute Gasteiger partial charge is 0.303 e. The highest BCUT2D eigenvalue weighted by molar-refractivity contribution is 7.99. The van der Waals surface area contributed by atoms with E-state index in [0.29, 0.717) is 11.5 Å². The van der Waals surface area contributed by atoms with Gasteiger partial charge in [0, 0.05) is 38.2 Å². The van der Waals surface area contributed by atoms with E-state index in [1.54, 1.807) is 0 Å². The van der Waals surface area contributed by atoms with Crippen LogP contribution in [0, 0.1) is 0 Å². The number of esters is 2. The van der Waals surface area contributed by atoms with Crippen LogP contribution in [-0.2, 0) is 28.7 Å². The summed E-state index contributed by atoms with van der Waals surface area (Å²) >= 11 is 1.35. The van der Waals surface area contributed by atoms with E-state index in [9.17, 15) is 19.2 Å². The van der Waals surface area contributed by atoms with E-state index < -0.39 is 49.3 Å². The standard InChI is InChI=1S/C17H30N2O9S/c1-12(23)27-8-14(28-13(2)24)7-18-15(25)3-5-29-6-4-16(26)19-17(9-20,10-21)11-22/h14,20-22H,3-11H2,1-2H3,(H,18,25)(H,19,26). The molecule has 0 aromatic carbocycles. The van der Waals surface area contributed by atoms with E-state index in [1.165, 1.54) is 25.6 Å². The molecular formula is C17H30N2O9S. The van der Waals surface area contributed by atoms with Gasteiger partial charge in [-0.25, -0.2) is 0 Å². The lowest BCUT2D eigenvalue weighted by atomic mass is 10.0. The first-order valence-corrected chi connectivity index (χ1v) is 10.1. The fraction of sp³-hybridized carbons (Fsp3) is 0.765. The van der Waals surface area contributed by atoms with Crippen molar-refractivity contribution in [1.29, 1.82) is 0 Å². The van der Waals surface area contributed by atoms with Gasteiger partial charge in [0.2, 0.25) is 11.8 Å². The van der Waals surface area contributed by atoms with Gasteiger partial charge in [-0.15, -0.1) is 0 Å². The fourth-order valence-corrected chi connectivity index (χ4v) is 2.82. The Bertz CT molecular complexity index is 533. The van der Waals surface area contributed by atoms with Gasteiger partial charge in [0.25, 0.3) is 0 Å². The SMILES string of the molecule is CC(=O)OCC(CNC(=O)CCSCCC(=O)NC(CO)(CO)CO)OC(C)=O. The molecule has 0 aliphatic carbocycles. The molecule has 0 saturated carbocycles. The maximum absolute atomic E-state index is 11.8. The molecule has 0 heterocycles. The van der Waals surface area contributed by atoms with Crippen molar-refractivity contribution in [3.63, 3.8) is 0 Å². The molecule has 0 aromatic heterocycles. The number of aliphatic hydroxyl groups excluding tert-OH is 3. The van der Waals surface area contributed by atoms with Crippen LogP contribution in [0.15, 0.2) is 0 Å². The minimum Gasteiger partial charge on any atom is -0.462 e. The molecule has 0 bridgehead atoms. The molecule has 5 N–H and O–H groups in total. The van der Waals surface area contributed by atoms with Crippen molar-refractivity contribution >= 4 is 35.5 Å². The van der Waals surface area contributed by atoms with Crippen molar-refractivity contribution in [1.82, 2.24) is 10.6 Å². The number of aliphatic hydroxyl groups is 3. The number of amides is 2. The zero-order valence-corrected chi connectivity index (χ0v) is 17.5. The minimum absolute atomic E-state index is 0.00429. The van der Waals surface area contributed by atoms with Crippen molar-refractivity contribution in [2.75, 3.05) is 44.5 Å². The van der Waals surface area contributed by atoms with Crippen LogP contribution in [0.2, 0.25) is 0 Å². The van der Waals surface area contributed by atoms with Gasteiger partial charge in [-0.2, -0.15) is 11.8 Å². The molecule has 168 valence electrons. The first-order valence-electron chi connectivity index (χ1n) is 8.96. The Kier molecular flexibility index (Phi) is 14.0. The highest BCUT2D eigenvalue weighted by Gasteiger charge is 2.29. The van der Waals surface area contributed by atoms with Gasteiger partial charge in [0.05, 0.1) is 26.4 Å². The van der Waals surface area contributed by atoms with Gasteiger partial charge in [-0.1, -0.05) is 0 Å². The number of hydrogen-bond acceptors (Lipinski definition) is 10. The molecule has 0 aliphatic rings. The molecule has 0 fully saturated rings. The predicted molar refractivity (Wildman–Crippen MR) is 104 cm³/mol. The highest BCUT2D eigenvalue weighted by atomic mass is 32.2. The topological polar surface area (TPSA) is 171 Å². The number of nitrogens with one attached hydrogen (secondary N) is 2. The zero-order valence-electron chi connectivity index (χ0n) is 16.6. The lowest BCUT2D eigenvalue weighted by molar-refractivity contribution is -0.156. The Hall–Kier alpha value is -1.89. The number of thioether (sulfide) groups is 1. The Morgan fingerprint density at radius 1 is 0.931 bits per heavy atom. The minimum atomic E-state index is -1.45. The molecule has 0 radical (unpaired) electrons. The Labute approximate surface area is 173 Å². The zero-order chi connectivity index (χ0) is 22.3. The molecule has 11 nitrogen and oxygen atoms in total. The largest absolute Gasteiger partial charge is 0.462 e. The summed E-state index contributed by atoms with van der Waals surface area (Å²) in [5, 5.41) is 32.4. The quantitative estimate of drug-likeness (QED) is 0.141. The average molecular weight is 438 g/mol. The number of rotatable bonds is 15. The van der Waals surface area contributed by atoms with Gasteiger partial charge < -0.3 is 35.4 Å². The monoisotopic (exact) mass is 438 g/mol. The van der Waals surface area contributed by atoms with Crippen LogP contribution >= 0.6 is 11.8 Å². The van der Waals surface area contributed by atoms with Crippen LogP contribution in [-0.4, -0.2) is 95.2 Å². The summed E-state index contributed by atoms with van der Waals surface area (Å²) in [4.78, 5) is 45.5. The van der Waals surface area contributed by atoms with E-state index in [4.69, 9.17) is 24.8 Å². The molecule has 0 saturated heterocycles. The van der Waals surface area contributed by atoms with Crippen LogP contribution in [0.1, 0.15) is 26.7 Å². The van der Waals surface area contributed by atoms with E-state index in [-0.39, 0.29) is 31.9 Å². The summed E-state index contributed by atoms with van der Waals surface area (Å²) in [5.41, 5.74) is -1.45. The lowest BCUT2D eigenvalue weighted by Gasteiger charge is -2.28. The second-order valence-electron chi connectivity index (χ2n) is 6.25. The first kappa shape index (κ1) is 27.1. The van der Waals surface area contributed by atoms with Crippen LogP contribution < -0.4 is 10.6 Å². The van der Waals surface area contributed by atoms with Gasteiger partial charge in [0.1, 0.15) is 12.1 Å². The van der Waals surface area contributed by atoms with Crippen molar-refractivity contribution in [2.45, 2.75) is 38.3 Å². The molecule has 0 spiro atoms. The summed E-state index contributed by atoms with van der Waals surface area (Å²) in [6.07, 6.45) is -0.521. The number of carbonyl (C=O) groups is 4. The second-order valence-corrected chi connectivity index (χ2v) is 7.48. The number of carbonyl (C=O) groups excluding carboxylic acids is 4. The molecular weight excluding hydrogens is 408 g/mol. The van der Waals surface area contributed by atoms with Crippen molar-refractivity contribution in [2.24, 2.45) is 0 Å². The summed E-state index contributed by atoms with van der Waals surface area (Å²) in [7, 11) is 0. The first-order chi connectivity index (χ1) is 13.7. The number of hydrogen-bond donors (Lipinski definition) is 5. The number of ether oxygens (including phenoxy) is 2. The lowest BCUT2D eigenvalue weighted by Crippen LogP contribution is -2.57. The van der Waals surface area contributed by atoms with Crippen LogP contribution in [0.5, 0.6) is 0 Å². The molecule has 0 aromatic rings. The summed E-state index contributed by atoms with van der Waals surface area (Å²) in [6, 6.07) is 0. The van der Waals surface area contributed by atoms with Crippen LogP contribution in [0.25, 0.3) is 0 Å². The maximum atomic E-state index is 11.8. The predicted octanol–water partition coefficient (Wildman–Crippen LogP) is -2.06. The van der Waals surface area contributed by atoms with Crippen LogP contribution in [0.3, 0.4) is 0 Å². The molecule has 12 heteroatoms. The third-order valence-corrected chi connectivity index (χ3v) is 4.58. The normalized spacial score (nSPS) is 12.0. The molecule has 0 aliphatic heterocycles. The molecule has 1 unspecified atom stereocenters. The molecule has 29 heavy (non-hydrogen) atoms. The Balaban J connectivity index is 4.06. The molecule has 1 atom stereocenters. The van der Waals surface area contributed by atoms with Gasteiger partial charge in [-0.3, -0.25) is 19.2 Å².